The molecule has 0 aliphatic rings. The molecule has 4 N–H and O–H groups in total. The highest BCUT2D eigenvalue weighted by atomic mass is 32.2. The number of carbonyl (C=O) groups is 1. The zero-order chi connectivity index (χ0) is 33.2. The highest BCUT2D eigenvalue weighted by Gasteiger charge is 2.31. The fourth-order valence-corrected chi connectivity index (χ4v) is 6.18. The Kier molecular flexibility index (Phi) is 11.2. The van der Waals surface area contributed by atoms with E-state index < -0.39 is 45.5 Å². The van der Waals surface area contributed by atoms with E-state index in [0.29, 0.717) is 5.56 Å². The summed E-state index contributed by atoms with van der Waals surface area (Å²) in [6, 6.07) is 20.7. The third-order valence-electron chi connectivity index (χ3n) is 6.77. The van der Waals surface area contributed by atoms with Crippen LogP contribution in [0.15, 0.2) is 102 Å². The molecule has 0 bridgehead atoms. The van der Waals surface area contributed by atoms with Crippen LogP contribution < -0.4 is 20.7 Å². The molecule has 1 heterocycles. The lowest BCUT2D eigenvalue weighted by molar-refractivity contribution is -0.138. The van der Waals surface area contributed by atoms with Crippen LogP contribution in [0.2, 0.25) is 0 Å². The number of aromatic nitrogens is 1. The van der Waals surface area contributed by atoms with E-state index in [1.54, 1.807) is 61.1 Å². The third-order valence-corrected chi connectivity index (χ3v) is 8.61. The number of aliphatic carboxylic acids is 1. The van der Waals surface area contributed by atoms with E-state index in [2.05, 4.69) is 20.9 Å². The molecule has 0 aliphatic heterocycles. The molecular weight excluding hydrogens is 623 g/mol. The predicted molar refractivity (Wildman–Crippen MR) is 163 cm³/mol. The highest BCUT2D eigenvalue weighted by molar-refractivity contribution is 7.91. The van der Waals surface area contributed by atoms with Gasteiger partial charge in [-0.25, -0.2) is 8.42 Å². The number of nitrogens with zero attached hydrogens (tertiary/aromatic N) is 2. The van der Waals surface area contributed by atoms with Crippen LogP contribution >= 0.6 is 0 Å². The lowest BCUT2D eigenvalue weighted by atomic mass is 9.98. The van der Waals surface area contributed by atoms with Gasteiger partial charge in [0.25, 0.3) is 0 Å². The second-order valence-electron chi connectivity index (χ2n) is 10.2. The number of carboxylic acid groups (broad SMARTS) is 1. The first kappa shape index (κ1) is 33.8. The second kappa shape index (κ2) is 15.2. The summed E-state index contributed by atoms with van der Waals surface area (Å²) < 4.78 is 73.2. The van der Waals surface area contributed by atoms with Gasteiger partial charge in [-0.2, -0.15) is 18.4 Å². The molecular formula is C32H30F3N5O5S. The van der Waals surface area contributed by atoms with Gasteiger partial charge in [-0.1, -0.05) is 36.4 Å². The standard InChI is InChI=1S/C32H30F3N5O5S/c33-32(34,35)26-13-23(14-27(16-26)40-31(39-21-36)38-18-22-5-4-12-37-17-22)19-45-28-8-10-29(11-9-28)46(43,44)20-25(15-30(41)42)24-6-2-1-3-7-24/h1-14,16-17,25,31,38-40H,15,18-20H2,(H,41,42). The van der Waals surface area contributed by atoms with Gasteiger partial charge in [-0.3, -0.25) is 20.4 Å². The topological polar surface area (TPSA) is 153 Å². The number of hydrogen-bond donors (Lipinski definition) is 4. The summed E-state index contributed by atoms with van der Waals surface area (Å²) in [4.78, 5) is 15.4. The quantitative estimate of drug-likeness (QED) is 0.0759. The zero-order valence-electron chi connectivity index (χ0n) is 24.2. The molecule has 0 amide bonds. The third kappa shape index (κ3) is 9.94. The van der Waals surface area contributed by atoms with Crippen LogP contribution in [0.5, 0.6) is 5.75 Å². The molecule has 0 saturated carbocycles. The molecule has 0 saturated heterocycles. The Morgan fingerprint density at radius 3 is 2.37 bits per heavy atom. The van der Waals surface area contributed by atoms with Crippen molar-refractivity contribution in [1.29, 1.82) is 5.26 Å². The van der Waals surface area contributed by atoms with E-state index in [1.165, 1.54) is 30.3 Å². The molecule has 46 heavy (non-hydrogen) atoms. The average Bonchev–Trinajstić information content (AvgIpc) is 3.03. The van der Waals surface area contributed by atoms with Crippen LogP contribution in [-0.4, -0.2) is 36.5 Å². The Labute approximate surface area is 263 Å². The van der Waals surface area contributed by atoms with Crippen molar-refractivity contribution in [2.24, 2.45) is 0 Å². The van der Waals surface area contributed by atoms with Crippen LogP contribution in [0.25, 0.3) is 0 Å². The minimum absolute atomic E-state index is 0.0495. The number of sulfone groups is 1. The van der Waals surface area contributed by atoms with Gasteiger partial charge in [-0.15, -0.1) is 0 Å². The predicted octanol–water partition coefficient (Wildman–Crippen LogP) is 5.27. The number of pyridine rings is 1. The van der Waals surface area contributed by atoms with Crippen molar-refractivity contribution in [3.8, 4) is 11.9 Å². The number of hydrogen-bond acceptors (Lipinski definition) is 9. The van der Waals surface area contributed by atoms with Crippen LogP contribution in [0, 0.1) is 11.5 Å². The SMILES string of the molecule is N#CNC(NCc1cccnc1)Nc1cc(COc2ccc(S(=O)(=O)CC(CC(=O)O)c3ccccc3)cc2)cc(C(F)(F)F)c1. The molecule has 2 unspecified atom stereocenters. The normalized spacial score (nSPS) is 12.8. The van der Waals surface area contributed by atoms with Crippen molar-refractivity contribution >= 4 is 21.5 Å². The summed E-state index contributed by atoms with van der Waals surface area (Å²) >= 11 is 0. The fraction of sp³-hybridized carbons (Fsp3) is 0.219. The van der Waals surface area contributed by atoms with Crippen LogP contribution in [-0.2, 0) is 34.0 Å². The minimum Gasteiger partial charge on any atom is -0.489 e. The van der Waals surface area contributed by atoms with Crippen molar-refractivity contribution in [2.45, 2.75) is 42.9 Å². The molecule has 240 valence electrons. The van der Waals surface area contributed by atoms with Gasteiger partial charge in [0, 0.05) is 30.5 Å². The molecule has 0 spiro atoms. The Bertz CT molecular complexity index is 1750. The van der Waals surface area contributed by atoms with Gasteiger partial charge in [0.05, 0.1) is 22.6 Å². The maximum atomic E-state index is 13.7. The highest BCUT2D eigenvalue weighted by Crippen LogP contribution is 2.33. The number of nitrogens with one attached hydrogen (secondary N) is 3. The summed E-state index contributed by atoms with van der Waals surface area (Å²) in [5, 5.41) is 26.8. The number of halogens is 3. The number of ether oxygens (including phenoxy) is 1. The van der Waals surface area contributed by atoms with Crippen molar-refractivity contribution in [3.63, 3.8) is 0 Å². The monoisotopic (exact) mass is 653 g/mol. The number of rotatable bonds is 15. The zero-order valence-corrected chi connectivity index (χ0v) is 25.1. The number of benzene rings is 3. The van der Waals surface area contributed by atoms with E-state index in [4.69, 9.17) is 10.00 Å². The van der Waals surface area contributed by atoms with Gasteiger partial charge in [0.1, 0.15) is 12.4 Å². The van der Waals surface area contributed by atoms with Gasteiger partial charge in [0.15, 0.2) is 22.3 Å². The van der Waals surface area contributed by atoms with E-state index in [-0.39, 0.29) is 41.5 Å². The van der Waals surface area contributed by atoms with E-state index in [0.717, 1.165) is 17.7 Å². The first-order valence-electron chi connectivity index (χ1n) is 13.9. The smallest absolute Gasteiger partial charge is 0.416 e. The lowest BCUT2D eigenvalue weighted by Crippen LogP contribution is -2.45. The molecule has 4 rings (SSSR count). The summed E-state index contributed by atoms with van der Waals surface area (Å²) in [5.74, 6) is -2.11. The molecule has 0 fully saturated rings. The molecule has 0 aliphatic carbocycles. The molecule has 14 heteroatoms. The summed E-state index contributed by atoms with van der Waals surface area (Å²) in [6.45, 7) is -0.00779. The second-order valence-corrected chi connectivity index (χ2v) is 12.3. The average molecular weight is 654 g/mol. The molecule has 10 nitrogen and oxygen atoms in total. The maximum absolute atomic E-state index is 13.7. The van der Waals surface area contributed by atoms with E-state index in [1.807, 2.05) is 0 Å². The molecule has 3 aromatic carbocycles. The number of alkyl halides is 3. The van der Waals surface area contributed by atoms with Crippen molar-refractivity contribution in [2.75, 3.05) is 11.1 Å². The molecule has 2 atom stereocenters. The largest absolute Gasteiger partial charge is 0.489 e. The number of carboxylic acids is 1. The first-order valence-corrected chi connectivity index (χ1v) is 15.5. The van der Waals surface area contributed by atoms with Gasteiger partial charge >= 0.3 is 12.1 Å². The van der Waals surface area contributed by atoms with Crippen LogP contribution in [0.4, 0.5) is 18.9 Å². The van der Waals surface area contributed by atoms with Crippen LogP contribution in [0.3, 0.4) is 0 Å². The van der Waals surface area contributed by atoms with Crippen molar-refractivity contribution in [1.82, 2.24) is 15.6 Å². The fourth-order valence-electron chi connectivity index (χ4n) is 4.59. The van der Waals surface area contributed by atoms with Crippen LogP contribution in [0.1, 0.15) is 34.6 Å². The first-order chi connectivity index (χ1) is 21.9. The summed E-state index contributed by atoms with van der Waals surface area (Å²) in [6.07, 6.45) is -0.967. The van der Waals surface area contributed by atoms with E-state index in [9.17, 15) is 31.5 Å². The number of nitriles is 1. The Balaban J connectivity index is 1.46. The molecule has 1 aromatic heterocycles. The maximum Gasteiger partial charge on any atom is 0.416 e. The summed E-state index contributed by atoms with van der Waals surface area (Å²) in [7, 11) is -3.89. The molecule has 0 radical (unpaired) electrons. The lowest BCUT2D eigenvalue weighted by Gasteiger charge is -2.21. The summed E-state index contributed by atoms with van der Waals surface area (Å²) in [5.41, 5.74) is 0.673. The number of anilines is 1. The molecule has 4 aromatic rings. The van der Waals surface area contributed by atoms with E-state index >= 15 is 0 Å². The minimum atomic E-state index is -4.66. The van der Waals surface area contributed by atoms with Crippen molar-refractivity contribution < 1.29 is 36.2 Å². The van der Waals surface area contributed by atoms with Gasteiger partial charge < -0.3 is 15.2 Å². The Morgan fingerprint density at radius 1 is 1.00 bits per heavy atom. The Hall–Kier alpha value is -5.13. The Morgan fingerprint density at radius 2 is 1.74 bits per heavy atom. The van der Waals surface area contributed by atoms with Crippen molar-refractivity contribution in [3.05, 3.63) is 120 Å². The van der Waals surface area contributed by atoms with Gasteiger partial charge in [-0.05, 0) is 65.2 Å². The van der Waals surface area contributed by atoms with Gasteiger partial charge in [0.2, 0.25) is 0 Å².